The van der Waals surface area contributed by atoms with Gasteiger partial charge in [-0.15, -0.1) is 0 Å². The monoisotopic (exact) mass is 383 g/mol. The maximum atomic E-state index is 12.6. The minimum Gasteiger partial charge on any atom is -0.450 e. The van der Waals surface area contributed by atoms with E-state index in [2.05, 4.69) is 12.0 Å². The highest BCUT2D eigenvalue weighted by Gasteiger charge is 2.28. The number of hydrogen-bond donors (Lipinski definition) is 0. The van der Waals surface area contributed by atoms with Crippen LogP contribution < -0.4 is 0 Å². The zero-order chi connectivity index (χ0) is 20.3. The summed E-state index contributed by atoms with van der Waals surface area (Å²) < 4.78 is 6.63. The second-order valence-corrected chi connectivity index (χ2v) is 7.26. The minimum atomic E-state index is -1.03. The number of para-hydroxylation sites is 1. The lowest BCUT2D eigenvalue weighted by molar-refractivity contribution is -0.148. The number of Topliss-reactive ketones (excluding diaryl/α,β-unsaturated/α-hetero) is 1. The van der Waals surface area contributed by atoms with E-state index < -0.39 is 18.4 Å². The summed E-state index contributed by atoms with van der Waals surface area (Å²) >= 11 is 0. The van der Waals surface area contributed by atoms with Crippen LogP contribution in [-0.4, -0.2) is 52.0 Å². The van der Waals surface area contributed by atoms with E-state index in [0.29, 0.717) is 30.4 Å². The molecule has 0 aliphatic carbocycles. The van der Waals surface area contributed by atoms with E-state index in [1.54, 1.807) is 23.4 Å². The molecule has 7 nitrogen and oxygen atoms in total. The first-order chi connectivity index (χ1) is 13.4. The van der Waals surface area contributed by atoms with E-state index in [-0.39, 0.29) is 11.5 Å². The highest BCUT2D eigenvalue weighted by molar-refractivity contribution is 6.41. The number of ether oxygens (including phenoxy) is 1. The molecule has 1 aromatic carbocycles. The van der Waals surface area contributed by atoms with E-state index in [0.717, 1.165) is 18.5 Å². The van der Waals surface area contributed by atoms with Crippen molar-refractivity contribution in [3.63, 3.8) is 0 Å². The number of piperidine rings is 1. The van der Waals surface area contributed by atoms with Crippen LogP contribution in [0.5, 0.6) is 0 Å². The van der Waals surface area contributed by atoms with Gasteiger partial charge in [0.1, 0.15) is 0 Å². The van der Waals surface area contributed by atoms with Crippen molar-refractivity contribution < 1.29 is 19.1 Å². The molecule has 2 heterocycles. The lowest BCUT2D eigenvalue weighted by Crippen LogP contribution is -2.40. The number of esters is 1. The summed E-state index contributed by atoms with van der Waals surface area (Å²) in [6.07, 6.45) is 1.88. The number of rotatable bonds is 5. The molecule has 0 N–H and O–H groups in total. The molecule has 1 fully saturated rings. The van der Waals surface area contributed by atoms with Crippen LogP contribution in [0.1, 0.15) is 41.5 Å². The number of hydrogen-bond acceptors (Lipinski definition) is 5. The molecule has 0 unspecified atom stereocenters. The molecule has 148 valence electrons. The fraction of sp³-hybridized carbons (Fsp3) is 0.429. The molecule has 0 saturated carbocycles. The smallest absolute Gasteiger partial charge is 0.380 e. The van der Waals surface area contributed by atoms with E-state index in [1.165, 1.54) is 0 Å². The first-order valence-corrected chi connectivity index (χ1v) is 9.49. The maximum Gasteiger partial charge on any atom is 0.380 e. The predicted molar refractivity (Wildman–Crippen MR) is 103 cm³/mol. The van der Waals surface area contributed by atoms with E-state index in [4.69, 9.17) is 4.74 Å². The number of nitrogens with zero attached hydrogens (tertiary/aromatic N) is 3. The van der Waals surface area contributed by atoms with Crippen molar-refractivity contribution in [3.05, 3.63) is 47.3 Å². The Morgan fingerprint density at radius 2 is 1.75 bits per heavy atom. The number of ketones is 1. The Balaban J connectivity index is 1.66. The van der Waals surface area contributed by atoms with Gasteiger partial charge < -0.3 is 9.64 Å². The predicted octanol–water partition coefficient (Wildman–Crippen LogP) is 2.47. The third-order valence-corrected chi connectivity index (χ3v) is 5.17. The number of carbonyl (C=O) groups is 3. The van der Waals surface area contributed by atoms with Crippen molar-refractivity contribution in [1.82, 2.24) is 14.7 Å². The van der Waals surface area contributed by atoms with Gasteiger partial charge in [-0.25, -0.2) is 9.48 Å². The highest BCUT2D eigenvalue weighted by Crippen LogP contribution is 2.19. The molecule has 1 aliphatic heterocycles. The average molecular weight is 383 g/mol. The summed E-state index contributed by atoms with van der Waals surface area (Å²) in [5.74, 6) is -1.48. The lowest BCUT2D eigenvalue weighted by Gasteiger charge is -2.30. The van der Waals surface area contributed by atoms with Crippen LogP contribution in [0.15, 0.2) is 30.3 Å². The molecular formula is C21H25N3O4. The SMILES string of the molecule is Cc1nn(-c2ccccc2)c(C)c1C(=O)C(=O)OCC(=O)N1CCC(C)CC1. The number of carbonyl (C=O) groups excluding carboxylic acids is 3. The Hall–Kier alpha value is -2.96. The minimum absolute atomic E-state index is 0.216. The molecule has 28 heavy (non-hydrogen) atoms. The van der Waals surface area contributed by atoms with Gasteiger partial charge in [0.2, 0.25) is 0 Å². The fourth-order valence-corrected chi connectivity index (χ4v) is 3.44. The molecule has 1 amide bonds. The third kappa shape index (κ3) is 4.13. The van der Waals surface area contributed by atoms with E-state index in [9.17, 15) is 14.4 Å². The molecule has 1 aliphatic rings. The summed E-state index contributed by atoms with van der Waals surface area (Å²) in [5.41, 5.74) is 2.01. The van der Waals surface area contributed by atoms with Gasteiger partial charge in [-0.05, 0) is 44.7 Å². The van der Waals surface area contributed by atoms with Gasteiger partial charge in [0, 0.05) is 13.1 Å². The Morgan fingerprint density at radius 3 is 2.39 bits per heavy atom. The van der Waals surface area contributed by atoms with Gasteiger partial charge in [-0.2, -0.15) is 5.10 Å². The molecule has 0 bridgehead atoms. The summed E-state index contributed by atoms with van der Waals surface area (Å²) in [6, 6.07) is 9.36. The zero-order valence-corrected chi connectivity index (χ0v) is 16.5. The lowest BCUT2D eigenvalue weighted by atomic mass is 9.99. The summed E-state index contributed by atoms with van der Waals surface area (Å²) in [4.78, 5) is 38.8. The molecule has 0 atom stereocenters. The van der Waals surface area contributed by atoms with Gasteiger partial charge in [-0.3, -0.25) is 9.59 Å². The number of likely N-dealkylation sites (tertiary alicyclic amines) is 1. The number of aromatic nitrogens is 2. The van der Waals surface area contributed by atoms with Gasteiger partial charge in [0.15, 0.2) is 6.61 Å². The Bertz CT molecular complexity index is 881. The number of benzene rings is 1. The van der Waals surface area contributed by atoms with Crippen molar-refractivity contribution in [1.29, 1.82) is 0 Å². The number of aryl methyl sites for hydroxylation is 1. The second-order valence-electron chi connectivity index (χ2n) is 7.26. The molecule has 0 spiro atoms. The van der Waals surface area contributed by atoms with Gasteiger partial charge in [-0.1, -0.05) is 25.1 Å². The van der Waals surface area contributed by atoms with Crippen LogP contribution in [0, 0.1) is 19.8 Å². The van der Waals surface area contributed by atoms with Gasteiger partial charge in [0.25, 0.3) is 11.7 Å². The molecule has 2 aromatic rings. The Kier molecular flexibility index (Phi) is 5.92. The molecule has 1 saturated heterocycles. The topological polar surface area (TPSA) is 81.5 Å². The van der Waals surface area contributed by atoms with Crippen molar-refractivity contribution in [2.24, 2.45) is 5.92 Å². The van der Waals surface area contributed by atoms with Crippen LogP contribution in [0.4, 0.5) is 0 Å². The molecule has 1 aromatic heterocycles. The molecule has 3 rings (SSSR count). The van der Waals surface area contributed by atoms with Crippen LogP contribution in [-0.2, 0) is 14.3 Å². The first kappa shape index (κ1) is 19.8. The highest BCUT2D eigenvalue weighted by atomic mass is 16.5. The van der Waals surface area contributed by atoms with Crippen molar-refractivity contribution in [2.45, 2.75) is 33.6 Å². The quantitative estimate of drug-likeness (QED) is 0.450. The first-order valence-electron chi connectivity index (χ1n) is 9.49. The molecule has 7 heteroatoms. The largest absolute Gasteiger partial charge is 0.450 e. The van der Waals surface area contributed by atoms with Crippen LogP contribution in [0.2, 0.25) is 0 Å². The Labute approximate surface area is 164 Å². The van der Waals surface area contributed by atoms with Crippen LogP contribution in [0.3, 0.4) is 0 Å². The van der Waals surface area contributed by atoms with Crippen molar-refractivity contribution >= 4 is 17.7 Å². The average Bonchev–Trinajstić information content (AvgIpc) is 3.00. The number of amides is 1. The maximum absolute atomic E-state index is 12.6. The van der Waals surface area contributed by atoms with Gasteiger partial charge in [0.05, 0.1) is 22.6 Å². The van der Waals surface area contributed by atoms with Crippen LogP contribution in [0.25, 0.3) is 5.69 Å². The standard InChI is InChI=1S/C21H25N3O4/c1-14-9-11-23(12-10-14)18(25)13-28-21(27)20(26)19-15(2)22-24(16(19)3)17-7-5-4-6-8-17/h4-8,14H,9-13H2,1-3H3. The summed E-state index contributed by atoms with van der Waals surface area (Å²) in [5, 5.41) is 4.37. The molecular weight excluding hydrogens is 358 g/mol. The third-order valence-electron chi connectivity index (χ3n) is 5.17. The zero-order valence-electron chi connectivity index (χ0n) is 16.5. The van der Waals surface area contributed by atoms with Crippen LogP contribution >= 0.6 is 0 Å². The van der Waals surface area contributed by atoms with Gasteiger partial charge >= 0.3 is 5.97 Å². The van der Waals surface area contributed by atoms with E-state index in [1.807, 2.05) is 30.3 Å². The summed E-state index contributed by atoms with van der Waals surface area (Å²) in [6.45, 7) is 6.46. The fourth-order valence-electron chi connectivity index (χ4n) is 3.44. The second kappa shape index (κ2) is 8.37. The van der Waals surface area contributed by atoms with Crippen molar-refractivity contribution in [3.8, 4) is 5.69 Å². The Morgan fingerprint density at radius 1 is 1.11 bits per heavy atom. The normalized spacial score (nSPS) is 14.8. The van der Waals surface area contributed by atoms with Crippen molar-refractivity contribution in [2.75, 3.05) is 19.7 Å². The summed E-state index contributed by atoms with van der Waals surface area (Å²) in [7, 11) is 0. The van der Waals surface area contributed by atoms with E-state index >= 15 is 0 Å². The molecule has 0 radical (unpaired) electrons.